The normalized spacial score (nSPS) is 13.0. The fourth-order valence-corrected chi connectivity index (χ4v) is 3.12. The maximum absolute atomic E-state index is 12.4. The van der Waals surface area contributed by atoms with Crippen molar-refractivity contribution in [2.45, 2.75) is 20.4 Å². The minimum atomic E-state index is -0.0959. The van der Waals surface area contributed by atoms with Crippen LogP contribution in [0.3, 0.4) is 0 Å². The Labute approximate surface area is 145 Å². The molecule has 25 heavy (non-hydrogen) atoms. The third kappa shape index (κ3) is 3.05. The van der Waals surface area contributed by atoms with Crippen molar-refractivity contribution in [1.29, 1.82) is 0 Å². The molecular weight excluding hydrogens is 316 g/mol. The van der Waals surface area contributed by atoms with Crippen molar-refractivity contribution in [1.82, 2.24) is 4.98 Å². The van der Waals surface area contributed by atoms with Crippen LogP contribution in [-0.4, -0.2) is 18.2 Å². The van der Waals surface area contributed by atoms with Crippen molar-refractivity contribution in [3.05, 3.63) is 63.4 Å². The van der Waals surface area contributed by atoms with Gasteiger partial charge in [0.05, 0.1) is 5.52 Å². The molecule has 3 aromatic rings. The quantitative estimate of drug-likeness (QED) is 0.768. The predicted molar refractivity (Wildman–Crippen MR) is 98.8 cm³/mol. The Bertz CT molecular complexity index is 1010. The molecule has 1 aliphatic rings. The van der Waals surface area contributed by atoms with Crippen LogP contribution in [0.1, 0.15) is 16.7 Å². The van der Waals surface area contributed by atoms with E-state index in [1.807, 2.05) is 24.3 Å². The van der Waals surface area contributed by atoms with Gasteiger partial charge in [0.2, 0.25) is 0 Å². The van der Waals surface area contributed by atoms with E-state index in [4.69, 9.17) is 9.47 Å². The SMILES string of the molecule is Cc1ccc(NCc2cc3cc4c(cc3[nH]c2=O)OCCO4)c(C)c1. The second kappa shape index (κ2) is 6.16. The maximum Gasteiger partial charge on any atom is 0.253 e. The van der Waals surface area contributed by atoms with Crippen molar-refractivity contribution in [2.75, 3.05) is 18.5 Å². The number of aryl methyl sites for hydroxylation is 2. The summed E-state index contributed by atoms with van der Waals surface area (Å²) in [6.45, 7) is 5.66. The molecule has 0 saturated heterocycles. The van der Waals surface area contributed by atoms with E-state index in [0.29, 0.717) is 31.1 Å². The van der Waals surface area contributed by atoms with Crippen LogP contribution in [0.4, 0.5) is 5.69 Å². The Morgan fingerprint density at radius 2 is 1.80 bits per heavy atom. The summed E-state index contributed by atoms with van der Waals surface area (Å²) in [6.07, 6.45) is 0. The van der Waals surface area contributed by atoms with Crippen molar-refractivity contribution in [3.8, 4) is 11.5 Å². The number of benzene rings is 2. The number of hydrogen-bond acceptors (Lipinski definition) is 4. The average molecular weight is 336 g/mol. The maximum atomic E-state index is 12.4. The Hall–Kier alpha value is -2.95. The fraction of sp³-hybridized carbons (Fsp3) is 0.250. The summed E-state index contributed by atoms with van der Waals surface area (Å²) >= 11 is 0. The molecule has 128 valence electrons. The number of rotatable bonds is 3. The number of hydrogen-bond donors (Lipinski definition) is 2. The van der Waals surface area contributed by atoms with Crippen molar-refractivity contribution in [3.63, 3.8) is 0 Å². The molecule has 0 amide bonds. The molecule has 1 aromatic heterocycles. The molecule has 0 radical (unpaired) electrons. The van der Waals surface area contributed by atoms with E-state index < -0.39 is 0 Å². The number of fused-ring (bicyclic) bond motifs is 2. The van der Waals surface area contributed by atoms with Gasteiger partial charge in [-0.2, -0.15) is 0 Å². The molecule has 4 rings (SSSR count). The number of ether oxygens (including phenoxy) is 2. The molecule has 0 atom stereocenters. The number of H-pyrrole nitrogens is 1. The summed E-state index contributed by atoms with van der Waals surface area (Å²) in [6, 6.07) is 11.9. The molecule has 0 unspecified atom stereocenters. The van der Waals surface area contributed by atoms with Gasteiger partial charge in [0.1, 0.15) is 13.2 Å². The molecule has 2 aromatic carbocycles. The minimum absolute atomic E-state index is 0.0959. The average Bonchev–Trinajstić information content (AvgIpc) is 2.59. The number of anilines is 1. The number of pyridine rings is 1. The highest BCUT2D eigenvalue weighted by Crippen LogP contribution is 2.33. The summed E-state index contributed by atoms with van der Waals surface area (Å²) in [5, 5.41) is 4.28. The molecule has 2 N–H and O–H groups in total. The Kier molecular flexibility index (Phi) is 3.84. The highest BCUT2D eigenvalue weighted by molar-refractivity contribution is 5.83. The highest BCUT2D eigenvalue weighted by Gasteiger charge is 2.14. The zero-order valence-electron chi connectivity index (χ0n) is 14.3. The Morgan fingerprint density at radius 3 is 2.56 bits per heavy atom. The second-order valence-corrected chi connectivity index (χ2v) is 6.38. The zero-order chi connectivity index (χ0) is 17.4. The largest absolute Gasteiger partial charge is 0.486 e. The van der Waals surface area contributed by atoms with Gasteiger partial charge in [0.15, 0.2) is 11.5 Å². The van der Waals surface area contributed by atoms with E-state index >= 15 is 0 Å². The van der Waals surface area contributed by atoms with Gasteiger partial charge in [-0.05, 0) is 37.6 Å². The first-order valence-corrected chi connectivity index (χ1v) is 8.37. The fourth-order valence-electron chi connectivity index (χ4n) is 3.12. The van der Waals surface area contributed by atoms with Gasteiger partial charge in [-0.3, -0.25) is 4.79 Å². The molecule has 1 aliphatic heterocycles. The molecule has 0 fully saturated rings. The Morgan fingerprint density at radius 1 is 1.04 bits per heavy atom. The van der Waals surface area contributed by atoms with Crippen LogP contribution in [0.2, 0.25) is 0 Å². The lowest BCUT2D eigenvalue weighted by molar-refractivity contribution is 0.172. The van der Waals surface area contributed by atoms with Gasteiger partial charge in [0, 0.05) is 29.2 Å². The predicted octanol–water partition coefficient (Wildman–Crippen LogP) is 3.53. The molecule has 2 heterocycles. The molecular formula is C20H20N2O3. The van der Waals surface area contributed by atoms with E-state index in [2.05, 4.69) is 36.3 Å². The number of nitrogens with one attached hydrogen (secondary N) is 2. The van der Waals surface area contributed by atoms with Crippen LogP contribution in [0, 0.1) is 13.8 Å². The lowest BCUT2D eigenvalue weighted by Crippen LogP contribution is -2.17. The van der Waals surface area contributed by atoms with E-state index in [0.717, 1.165) is 27.9 Å². The summed E-state index contributed by atoms with van der Waals surface area (Å²) in [5.41, 5.74) is 4.76. The van der Waals surface area contributed by atoms with Crippen LogP contribution in [0.25, 0.3) is 10.9 Å². The van der Waals surface area contributed by atoms with Crippen molar-refractivity contribution < 1.29 is 9.47 Å². The van der Waals surface area contributed by atoms with Crippen LogP contribution >= 0.6 is 0 Å². The standard InChI is InChI=1S/C20H20N2O3/c1-12-3-4-16(13(2)7-12)21-11-15-8-14-9-18-19(25-6-5-24-18)10-17(14)22-20(15)23/h3-4,7-10,21H,5-6,11H2,1-2H3,(H,22,23). The van der Waals surface area contributed by atoms with E-state index in [1.165, 1.54) is 5.56 Å². The van der Waals surface area contributed by atoms with Gasteiger partial charge >= 0.3 is 0 Å². The smallest absolute Gasteiger partial charge is 0.253 e. The van der Waals surface area contributed by atoms with Gasteiger partial charge in [-0.15, -0.1) is 0 Å². The van der Waals surface area contributed by atoms with Gasteiger partial charge < -0.3 is 19.8 Å². The number of aromatic amines is 1. The molecule has 0 spiro atoms. The van der Waals surface area contributed by atoms with Crippen molar-refractivity contribution >= 4 is 16.6 Å². The van der Waals surface area contributed by atoms with E-state index in [1.54, 1.807) is 0 Å². The van der Waals surface area contributed by atoms with Crippen LogP contribution in [0.5, 0.6) is 11.5 Å². The van der Waals surface area contributed by atoms with E-state index in [-0.39, 0.29) is 5.56 Å². The molecule has 0 aliphatic carbocycles. The number of aromatic nitrogens is 1. The van der Waals surface area contributed by atoms with Gasteiger partial charge in [-0.25, -0.2) is 0 Å². The second-order valence-electron chi connectivity index (χ2n) is 6.38. The first-order valence-electron chi connectivity index (χ1n) is 8.37. The van der Waals surface area contributed by atoms with E-state index in [9.17, 15) is 4.79 Å². The lowest BCUT2D eigenvalue weighted by atomic mass is 10.1. The first kappa shape index (κ1) is 15.6. The van der Waals surface area contributed by atoms with Crippen LogP contribution < -0.4 is 20.3 Å². The molecule has 5 nitrogen and oxygen atoms in total. The summed E-state index contributed by atoms with van der Waals surface area (Å²) in [7, 11) is 0. The molecule has 0 saturated carbocycles. The van der Waals surface area contributed by atoms with Crippen LogP contribution in [-0.2, 0) is 6.54 Å². The first-order chi connectivity index (χ1) is 12.1. The monoisotopic (exact) mass is 336 g/mol. The summed E-state index contributed by atoms with van der Waals surface area (Å²) < 4.78 is 11.2. The third-order valence-electron chi connectivity index (χ3n) is 4.44. The highest BCUT2D eigenvalue weighted by atomic mass is 16.6. The van der Waals surface area contributed by atoms with Crippen LogP contribution in [0.15, 0.2) is 41.2 Å². The Balaban J connectivity index is 1.65. The van der Waals surface area contributed by atoms with Gasteiger partial charge in [0.25, 0.3) is 5.56 Å². The van der Waals surface area contributed by atoms with Gasteiger partial charge in [-0.1, -0.05) is 17.7 Å². The summed E-state index contributed by atoms with van der Waals surface area (Å²) in [4.78, 5) is 15.3. The summed E-state index contributed by atoms with van der Waals surface area (Å²) in [5.74, 6) is 1.40. The topological polar surface area (TPSA) is 63.4 Å². The van der Waals surface area contributed by atoms with Crippen molar-refractivity contribution in [2.24, 2.45) is 0 Å². The molecule has 0 bridgehead atoms. The lowest BCUT2D eigenvalue weighted by Gasteiger charge is -2.19. The molecule has 5 heteroatoms. The third-order valence-corrected chi connectivity index (χ3v) is 4.44. The minimum Gasteiger partial charge on any atom is -0.486 e. The zero-order valence-corrected chi connectivity index (χ0v) is 14.3.